The maximum atomic E-state index is 11.8. The minimum Gasteiger partial charge on any atom is -0.357 e. The molecule has 1 heterocycles. The highest BCUT2D eigenvalue weighted by Crippen LogP contribution is 2.18. The van der Waals surface area contributed by atoms with Gasteiger partial charge >= 0.3 is 0 Å². The quantitative estimate of drug-likeness (QED) is 0.661. The van der Waals surface area contributed by atoms with E-state index in [1.807, 2.05) is 6.92 Å². The summed E-state index contributed by atoms with van der Waals surface area (Å²) in [7, 11) is 1.59. The van der Waals surface area contributed by atoms with Crippen LogP contribution in [0.3, 0.4) is 0 Å². The average Bonchev–Trinajstić information content (AvgIpc) is 2.74. The molecule has 0 spiro atoms. The van der Waals surface area contributed by atoms with Crippen molar-refractivity contribution >= 4 is 11.8 Å². The fraction of sp³-hybridized carbons (Fsp3) is 0.800. The molecule has 0 aromatic carbocycles. The van der Waals surface area contributed by atoms with Crippen LogP contribution in [0.2, 0.25) is 0 Å². The lowest BCUT2D eigenvalue weighted by molar-refractivity contribution is -0.139. The number of nitrogens with two attached hydrogens (primary N) is 1. The first-order valence-corrected chi connectivity index (χ1v) is 5.39. The molecule has 0 aromatic rings. The Bertz CT molecular complexity index is 255. The van der Waals surface area contributed by atoms with Crippen molar-refractivity contribution in [3.63, 3.8) is 0 Å². The summed E-state index contributed by atoms with van der Waals surface area (Å²) in [4.78, 5) is 24.9. The third-order valence-corrected chi connectivity index (χ3v) is 2.84. The van der Waals surface area contributed by atoms with Crippen LogP contribution in [-0.2, 0) is 9.59 Å². The average molecular weight is 213 g/mol. The maximum Gasteiger partial charge on any atom is 0.242 e. The summed E-state index contributed by atoms with van der Waals surface area (Å²) in [6.07, 6.45) is 2.22. The second kappa shape index (κ2) is 5.11. The molecule has 2 atom stereocenters. The van der Waals surface area contributed by atoms with Crippen LogP contribution in [0.4, 0.5) is 0 Å². The summed E-state index contributed by atoms with van der Waals surface area (Å²) in [5, 5.41) is 2.58. The van der Waals surface area contributed by atoms with Gasteiger partial charge in [0, 0.05) is 13.6 Å². The van der Waals surface area contributed by atoms with E-state index in [1.165, 1.54) is 0 Å². The van der Waals surface area contributed by atoms with Crippen LogP contribution in [0.1, 0.15) is 26.2 Å². The van der Waals surface area contributed by atoms with Gasteiger partial charge in [-0.05, 0) is 19.3 Å². The molecule has 2 amide bonds. The number of amides is 2. The number of carbonyl (C=O) groups excluding carboxylic acids is 2. The van der Waals surface area contributed by atoms with Gasteiger partial charge in [-0.2, -0.15) is 0 Å². The summed E-state index contributed by atoms with van der Waals surface area (Å²) in [6, 6.07) is -0.796. The molecule has 0 bridgehead atoms. The second-order valence-corrected chi connectivity index (χ2v) is 3.82. The van der Waals surface area contributed by atoms with E-state index in [0.29, 0.717) is 13.0 Å². The van der Waals surface area contributed by atoms with Crippen molar-refractivity contribution in [2.75, 3.05) is 13.6 Å². The van der Waals surface area contributed by atoms with Gasteiger partial charge in [-0.25, -0.2) is 0 Å². The van der Waals surface area contributed by atoms with Crippen molar-refractivity contribution in [1.29, 1.82) is 0 Å². The van der Waals surface area contributed by atoms with Gasteiger partial charge in [-0.1, -0.05) is 6.92 Å². The molecule has 0 radical (unpaired) electrons. The van der Waals surface area contributed by atoms with Crippen LogP contribution >= 0.6 is 0 Å². The fourth-order valence-corrected chi connectivity index (χ4v) is 1.86. The van der Waals surface area contributed by atoms with Gasteiger partial charge in [0.15, 0.2) is 0 Å². The third-order valence-electron chi connectivity index (χ3n) is 2.84. The van der Waals surface area contributed by atoms with Crippen molar-refractivity contribution in [1.82, 2.24) is 10.2 Å². The minimum absolute atomic E-state index is 0.0934. The van der Waals surface area contributed by atoms with E-state index < -0.39 is 6.04 Å². The van der Waals surface area contributed by atoms with Gasteiger partial charge in [-0.3, -0.25) is 9.59 Å². The Morgan fingerprint density at radius 3 is 2.80 bits per heavy atom. The van der Waals surface area contributed by atoms with Crippen molar-refractivity contribution in [3.05, 3.63) is 0 Å². The molecule has 0 aliphatic carbocycles. The monoisotopic (exact) mass is 213 g/mol. The Kier molecular flexibility index (Phi) is 4.08. The van der Waals surface area contributed by atoms with E-state index in [9.17, 15) is 9.59 Å². The molecule has 0 saturated carbocycles. The lowest BCUT2D eigenvalue weighted by atomic mass is 10.1. The molecule has 5 nitrogen and oxygen atoms in total. The Hall–Kier alpha value is -1.10. The highest BCUT2D eigenvalue weighted by molar-refractivity contribution is 5.90. The largest absolute Gasteiger partial charge is 0.357 e. The molecule has 1 aliphatic heterocycles. The summed E-state index contributed by atoms with van der Waals surface area (Å²) in [5.74, 6) is -0.201. The van der Waals surface area contributed by atoms with Crippen molar-refractivity contribution in [3.8, 4) is 0 Å². The summed E-state index contributed by atoms with van der Waals surface area (Å²) in [5.41, 5.74) is 5.68. The lowest BCUT2D eigenvalue weighted by Crippen LogP contribution is -2.50. The molecule has 15 heavy (non-hydrogen) atoms. The van der Waals surface area contributed by atoms with Crippen molar-refractivity contribution < 1.29 is 9.59 Å². The molecule has 86 valence electrons. The highest BCUT2D eigenvalue weighted by Gasteiger charge is 2.34. The third kappa shape index (κ3) is 2.47. The summed E-state index contributed by atoms with van der Waals surface area (Å²) >= 11 is 0. The van der Waals surface area contributed by atoms with E-state index in [0.717, 1.165) is 12.8 Å². The van der Waals surface area contributed by atoms with Crippen LogP contribution < -0.4 is 11.1 Å². The zero-order valence-corrected chi connectivity index (χ0v) is 9.32. The predicted molar refractivity (Wildman–Crippen MR) is 57.1 cm³/mol. The van der Waals surface area contributed by atoms with E-state index in [2.05, 4.69) is 5.32 Å². The summed E-state index contributed by atoms with van der Waals surface area (Å²) in [6.45, 7) is 2.51. The smallest absolute Gasteiger partial charge is 0.242 e. The van der Waals surface area contributed by atoms with Crippen LogP contribution in [0.15, 0.2) is 0 Å². The van der Waals surface area contributed by atoms with Gasteiger partial charge in [-0.15, -0.1) is 0 Å². The van der Waals surface area contributed by atoms with E-state index in [4.69, 9.17) is 5.73 Å². The first kappa shape index (κ1) is 12.0. The van der Waals surface area contributed by atoms with Crippen molar-refractivity contribution in [2.45, 2.75) is 38.3 Å². The first-order chi connectivity index (χ1) is 7.11. The number of nitrogens with one attached hydrogen (secondary N) is 1. The number of rotatable bonds is 3. The Labute approximate surface area is 90.0 Å². The predicted octanol–water partition coefficient (Wildman–Crippen LogP) is -0.539. The van der Waals surface area contributed by atoms with Gasteiger partial charge in [0.25, 0.3) is 0 Å². The summed E-state index contributed by atoms with van der Waals surface area (Å²) < 4.78 is 0. The standard InChI is InChI=1S/C10H19N3O2/c1-3-7(11)10(15)13-6-4-5-8(13)9(14)12-2/h7-8H,3-6,11H2,1-2H3,(H,12,14)/t7-,8?/m0/s1. The van der Waals surface area contributed by atoms with Crippen LogP contribution in [0, 0.1) is 0 Å². The number of hydrogen-bond acceptors (Lipinski definition) is 3. The Balaban J connectivity index is 2.68. The zero-order chi connectivity index (χ0) is 11.4. The van der Waals surface area contributed by atoms with E-state index in [-0.39, 0.29) is 17.9 Å². The topological polar surface area (TPSA) is 75.4 Å². The molecule has 3 N–H and O–H groups in total. The van der Waals surface area contributed by atoms with Gasteiger partial charge < -0.3 is 16.0 Å². The van der Waals surface area contributed by atoms with Crippen LogP contribution in [0.5, 0.6) is 0 Å². The van der Waals surface area contributed by atoms with Gasteiger partial charge in [0.2, 0.25) is 11.8 Å². The Morgan fingerprint density at radius 2 is 2.27 bits per heavy atom. The first-order valence-electron chi connectivity index (χ1n) is 5.39. The lowest BCUT2D eigenvalue weighted by Gasteiger charge is -2.25. The number of hydrogen-bond donors (Lipinski definition) is 2. The second-order valence-electron chi connectivity index (χ2n) is 3.82. The minimum atomic E-state index is -0.477. The van der Waals surface area contributed by atoms with Gasteiger partial charge in [0.1, 0.15) is 6.04 Å². The number of likely N-dealkylation sites (tertiary alicyclic amines) is 1. The maximum absolute atomic E-state index is 11.8. The Morgan fingerprint density at radius 1 is 1.60 bits per heavy atom. The fourth-order valence-electron chi connectivity index (χ4n) is 1.86. The molecular weight excluding hydrogens is 194 g/mol. The molecule has 1 rings (SSSR count). The van der Waals surface area contributed by atoms with E-state index in [1.54, 1.807) is 11.9 Å². The SMILES string of the molecule is CC[C@H](N)C(=O)N1CCCC1C(=O)NC. The molecule has 1 aliphatic rings. The van der Waals surface area contributed by atoms with Crippen molar-refractivity contribution in [2.24, 2.45) is 5.73 Å². The van der Waals surface area contributed by atoms with Crippen LogP contribution in [0.25, 0.3) is 0 Å². The molecular formula is C10H19N3O2. The van der Waals surface area contributed by atoms with E-state index >= 15 is 0 Å². The normalized spacial score (nSPS) is 22.6. The molecule has 1 unspecified atom stereocenters. The zero-order valence-electron chi connectivity index (χ0n) is 9.32. The molecule has 5 heteroatoms. The highest BCUT2D eigenvalue weighted by atomic mass is 16.2. The number of carbonyl (C=O) groups is 2. The number of likely N-dealkylation sites (N-methyl/N-ethyl adjacent to an activating group) is 1. The van der Waals surface area contributed by atoms with Crippen LogP contribution in [-0.4, -0.2) is 42.4 Å². The van der Waals surface area contributed by atoms with Gasteiger partial charge in [0.05, 0.1) is 6.04 Å². The molecule has 0 aromatic heterocycles. The molecule has 1 fully saturated rings. The molecule has 1 saturated heterocycles. The number of nitrogens with zero attached hydrogens (tertiary/aromatic N) is 1.